The number of rotatable bonds is 5. The van der Waals surface area contributed by atoms with Crippen molar-refractivity contribution in [3.63, 3.8) is 0 Å². The molecule has 0 spiro atoms. The minimum absolute atomic E-state index is 0.662. The summed E-state index contributed by atoms with van der Waals surface area (Å²) in [5.41, 5.74) is 2.52. The lowest BCUT2D eigenvalue weighted by molar-refractivity contribution is -0.107. The molecule has 76 valence electrons. The van der Waals surface area contributed by atoms with Gasteiger partial charge in [-0.2, -0.15) is 0 Å². The summed E-state index contributed by atoms with van der Waals surface area (Å²) in [7, 11) is 4.06. The zero-order chi connectivity index (χ0) is 10.4. The highest BCUT2D eigenvalue weighted by molar-refractivity contribution is 5.49. The fourth-order valence-electron chi connectivity index (χ4n) is 1.35. The predicted molar refractivity (Wildman–Crippen MR) is 59.8 cm³/mol. The summed E-state index contributed by atoms with van der Waals surface area (Å²) in [6, 6.07) is 8.47. The largest absolute Gasteiger partial charge is 0.378 e. The van der Waals surface area contributed by atoms with Crippen molar-refractivity contribution in [2.45, 2.75) is 19.3 Å². The summed E-state index contributed by atoms with van der Waals surface area (Å²) in [6.07, 6.45) is 3.58. The van der Waals surface area contributed by atoms with Crippen molar-refractivity contribution in [1.29, 1.82) is 0 Å². The first kappa shape index (κ1) is 10.8. The van der Waals surface area contributed by atoms with Crippen LogP contribution < -0.4 is 4.90 Å². The molecule has 0 amide bonds. The predicted octanol–water partition coefficient (Wildman–Crippen LogP) is 2.27. The van der Waals surface area contributed by atoms with Crippen LogP contribution in [0, 0.1) is 0 Å². The van der Waals surface area contributed by atoms with E-state index < -0.39 is 0 Å². The molecule has 0 atom stereocenters. The van der Waals surface area contributed by atoms with E-state index in [1.54, 1.807) is 0 Å². The van der Waals surface area contributed by atoms with E-state index in [2.05, 4.69) is 29.2 Å². The molecular formula is C12H17NO. The summed E-state index contributed by atoms with van der Waals surface area (Å²) >= 11 is 0. The molecule has 0 radical (unpaired) electrons. The number of hydrogen-bond acceptors (Lipinski definition) is 2. The number of anilines is 1. The molecule has 0 fully saturated rings. The molecule has 1 aromatic rings. The summed E-state index contributed by atoms with van der Waals surface area (Å²) in [6.45, 7) is 0. The monoisotopic (exact) mass is 191 g/mol. The summed E-state index contributed by atoms with van der Waals surface area (Å²) in [5.74, 6) is 0. The first-order chi connectivity index (χ1) is 6.74. The number of unbranched alkanes of at least 4 members (excludes halogenated alkanes) is 1. The third-order valence-corrected chi connectivity index (χ3v) is 2.24. The Labute approximate surface area is 85.5 Å². The van der Waals surface area contributed by atoms with Gasteiger partial charge >= 0.3 is 0 Å². The topological polar surface area (TPSA) is 20.3 Å². The molecule has 0 N–H and O–H groups in total. The molecule has 0 aliphatic carbocycles. The van der Waals surface area contributed by atoms with E-state index in [1.807, 2.05) is 14.1 Å². The van der Waals surface area contributed by atoms with Crippen LogP contribution in [0.15, 0.2) is 24.3 Å². The van der Waals surface area contributed by atoms with Crippen molar-refractivity contribution in [3.05, 3.63) is 29.8 Å². The second kappa shape index (κ2) is 5.43. The summed E-state index contributed by atoms with van der Waals surface area (Å²) in [5, 5.41) is 0. The van der Waals surface area contributed by atoms with Crippen molar-refractivity contribution in [2.24, 2.45) is 0 Å². The van der Waals surface area contributed by atoms with Gasteiger partial charge in [0.1, 0.15) is 6.29 Å². The van der Waals surface area contributed by atoms with E-state index in [-0.39, 0.29) is 0 Å². The van der Waals surface area contributed by atoms with E-state index in [0.29, 0.717) is 6.42 Å². The van der Waals surface area contributed by atoms with Gasteiger partial charge in [0, 0.05) is 26.2 Å². The van der Waals surface area contributed by atoms with Crippen LogP contribution in [0.4, 0.5) is 5.69 Å². The number of carbonyl (C=O) groups excluding carboxylic acids is 1. The molecule has 0 aromatic heterocycles. The number of hydrogen-bond donors (Lipinski definition) is 0. The Balaban J connectivity index is 2.51. The molecule has 0 aliphatic heterocycles. The minimum Gasteiger partial charge on any atom is -0.378 e. The van der Waals surface area contributed by atoms with E-state index in [0.717, 1.165) is 19.1 Å². The standard InChI is InChI=1S/C12H17NO/c1-13(2)12-8-6-11(7-9-12)5-3-4-10-14/h6-10H,3-5H2,1-2H3. The Morgan fingerprint density at radius 2 is 1.86 bits per heavy atom. The average Bonchev–Trinajstić information content (AvgIpc) is 2.19. The van der Waals surface area contributed by atoms with Crippen LogP contribution >= 0.6 is 0 Å². The summed E-state index contributed by atoms with van der Waals surface area (Å²) in [4.78, 5) is 12.2. The minimum atomic E-state index is 0.662. The maximum Gasteiger partial charge on any atom is 0.120 e. The first-order valence-electron chi connectivity index (χ1n) is 4.94. The maximum atomic E-state index is 10.1. The van der Waals surface area contributed by atoms with Crippen LogP contribution in [-0.4, -0.2) is 20.4 Å². The molecule has 0 unspecified atom stereocenters. The molecule has 14 heavy (non-hydrogen) atoms. The van der Waals surface area contributed by atoms with Crippen molar-refractivity contribution >= 4 is 12.0 Å². The second-order valence-corrected chi connectivity index (χ2v) is 3.62. The van der Waals surface area contributed by atoms with Gasteiger partial charge < -0.3 is 9.69 Å². The first-order valence-corrected chi connectivity index (χ1v) is 4.94. The Bertz CT molecular complexity index is 277. The molecule has 1 rings (SSSR count). The fourth-order valence-corrected chi connectivity index (χ4v) is 1.35. The number of carbonyl (C=O) groups is 1. The van der Waals surface area contributed by atoms with E-state index >= 15 is 0 Å². The van der Waals surface area contributed by atoms with Gasteiger partial charge in [-0.05, 0) is 30.5 Å². The molecular weight excluding hydrogens is 174 g/mol. The normalized spacial score (nSPS) is 9.86. The average molecular weight is 191 g/mol. The van der Waals surface area contributed by atoms with Crippen LogP contribution in [0.2, 0.25) is 0 Å². The van der Waals surface area contributed by atoms with Crippen molar-refractivity contribution in [3.8, 4) is 0 Å². The molecule has 1 aromatic carbocycles. The third-order valence-electron chi connectivity index (χ3n) is 2.24. The van der Waals surface area contributed by atoms with Crippen LogP contribution in [0.25, 0.3) is 0 Å². The highest BCUT2D eigenvalue weighted by Gasteiger charge is 1.95. The number of aryl methyl sites for hydroxylation is 1. The Morgan fingerprint density at radius 3 is 2.36 bits per heavy atom. The van der Waals surface area contributed by atoms with Gasteiger partial charge in [0.15, 0.2) is 0 Å². The number of benzene rings is 1. The Kier molecular flexibility index (Phi) is 4.17. The van der Waals surface area contributed by atoms with Crippen LogP contribution in [0.3, 0.4) is 0 Å². The zero-order valence-corrected chi connectivity index (χ0v) is 8.86. The number of nitrogens with zero attached hydrogens (tertiary/aromatic N) is 1. The van der Waals surface area contributed by atoms with E-state index in [4.69, 9.17) is 0 Å². The van der Waals surface area contributed by atoms with Gasteiger partial charge in [-0.3, -0.25) is 0 Å². The molecule has 0 saturated heterocycles. The van der Waals surface area contributed by atoms with E-state index in [9.17, 15) is 4.79 Å². The SMILES string of the molecule is CN(C)c1ccc(CCCC=O)cc1. The molecule has 0 heterocycles. The van der Waals surface area contributed by atoms with Crippen molar-refractivity contribution < 1.29 is 4.79 Å². The molecule has 0 saturated carbocycles. The molecule has 2 nitrogen and oxygen atoms in total. The quantitative estimate of drug-likeness (QED) is 0.525. The highest BCUT2D eigenvalue weighted by Crippen LogP contribution is 2.13. The van der Waals surface area contributed by atoms with Gasteiger partial charge in [0.2, 0.25) is 0 Å². The van der Waals surface area contributed by atoms with Crippen molar-refractivity contribution in [2.75, 3.05) is 19.0 Å². The molecule has 0 aliphatic rings. The van der Waals surface area contributed by atoms with Gasteiger partial charge in [-0.1, -0.05) is 12.1 Å². The Hall–Kier alpha value is -1.31. The zero-order valence-electron chi connectivity index (χ0n) is 8.86. The maximum absolute atomic E-state index is 10.1. The van der Waals surface area contributed by atoms with Crippen LogP contribution in [0.1, 0.15) is 18.4 Å². The second-order valence-electron chi connectivity index (χ2n) is 3.62. The third kappa shape index (κ3) is 3.21. The smallest absolute Gasteiger partial charge is 0.120 e. The van der Waals surface area contributed by atoms with Gasteiger partial charge in [0.05, 0.1) is 0 Å². The molecule has 0 bridgehead atoms. The lowest BCUT2D eigenvalue weighted by Gasteiger charge is -2.12. The van der Waals surface area contributed by atoms with Crippen molar-refractivity contribution in [1.82, 2.24) is 0 Å². The van der Waals surface area contributed by atoms with Crippen LogP contribution in [0.5, 0.6) is 0 Å². The van der Waals surface area contributed by atoms with Gasteiger partial charge in [-0.25, -0.2) is 0 Å². The lowest BCUT2D eigenvalue weighted by atomic mass is 10.1. The molecule has 2 heteroatoms. The summed E-state index contributed by atoms with van der Waals surface area (Å²) < 4.78 is 0. The van der Waals surface area contributed by atoms with Gasteiger partial charge in [-0.15, -0.1) is 0 Å². The Morgan fingerprint density at radius 1 is 1.21 bits per heavy atom. The fraction of sp³-hybridized carbons (Fsp3) is 0.417. The lowest BCUT2D eigenvalue weighted by Crippen LogP contribution is -2.08. The number of aldehydes is 1. The van der Waals surface area contributed by atoms with E-state index in [1.165, 1.54) is 11.3 Å². The highest BCUT2D eigenvalue weighted by atomic mass is 16.1. The van der Waals surface area contributed by atoms with Crippen LogP contribution in [-0.2, 0) is 11.2 Å². The van der Waals surface area contributed by atoms with Gasteiger partial charge in [0.25, 0.3) is 0 Å².